The lowest BCUT2D eigenvalue weighted by Gasteiger charge is -2.18. The Bertz CT molecular complexity index is 3090. The molecule has 8 aromatic rings. The lowest BCUT2D eigenvalue weighted by atomic mass is 9.84. The minimum atomic E-state index is -0.876. The predicted molar refractivity (Wildman–Crippen MR) is 149 cm³/mol. The van der Waals surface area contributed by atoms with Crippen LogP contribution in [-0.2, 0) is 0 Å². The van der Waals surface area contributed by atoms with Crippen molar-refractivity contribution in [3.63, 3.8) is 0 Å². The van der Waals surface area contributed by atoms with Gasteiger partial charge in [-0.3, -0.25) is 0 Å². The van der Waals surface area contributed by atoms with Gasteiger partial charge in [0.25, 0.3) is 0 Å². The van der Waals surface area contributed by atoms with Crippen LogP contribution in [0.15, 0.2) is 130 Å². The molecule has 2 heteroatoms. The van der Waals surface area contributed by atoms with E-state index < -0.39 is 187 Å². The van der Waals surface area contributed by atoms with E-state index in [1.165, 1.54) is 0 Å². The summed E-state index contributed by atoms with van der Waals surface area (Å²) in [4.78, 5) is 0. The molecule has 0 fully saturated rings. The smallest absolute Gasteiger partial charge is 0.139 e. The maximum Gasteiger partial charge on any atom is 0.139 e. The molecule has 0 amide bonds. The first-order valence-electron chi connectivity index (χ1n) is 20.6. The van der Waals surface area contributed by atoms with Gasteiger partial charge in [0.2, 0.25) is 0 Å². The maximum absolute atomic E-state index is 9.31. The lowest BCUT2D eigenvalue weighted by Crippen LogP contribution is -1.91. The highest BCUT2D eigenvalue weighted by Crippen LogP contribution is 2.49. The van der Waals surface area contributed by atoms with E-state index in [0.29, 0.717) is 0 Å². The van der Waals surface area contributed by atoms with Crippen LogP contribution in [0, 0.1) is 0 Å². The average molecular weight is 481 g/mol. The van der Waals surface area contributed by atoms with E-state index in [1.807, 2.05) is 0 Å². The van der Waals surface area contributed by atoms with Crippen LogP contribution in [0.25, 0.3) is 76.7 Å². The van der Waals surface area contributed by atoms with Gasteiger partial charge >= 0.3 is 0 Å². The summed E-state index contributed by atoms with van der Waals surface area (Å²) in [6.45, 7) is 0. The van der Waals surface area contributed by atoms with E-state index in [0.717, 1.165) is 0 Å². The minimum Gasteiger partial charge on any atom is -0.464 e. The third-order valence-corrected chi connectivity index (χ3v) is 5.99. The molecule has 0 N–H and O–H groups in total. The molecule has 0 aliphatic rings. The Morgan fingerprint density at radius 3 is 1.72 bits per heavy atom. The van der Waals surface area contributed by atoms with Crippen LogP contribution in [-0.4, -0.2) is 0 Å². The van der Waals surface area contributed by atoms with Crippen LogP contribution < -0.4 is 0 Å². The Hall–Kier alpha value is -4.82. The van der Waals surface area contributed by atoms with Gasteiger partial charge in [-0.25, -0.2) is 0 Å². The summed E-state index contributed by atoms with van der Waals surface area (Å²) in [5, 5.41) is -3.40. The summed E-state index contributed by atoms with van der Waals surface area (Å²) >= 11 is 0. The molecule has 0 saturated carbocycles. The average Bonchev–Trinajstić information content (AvgIpc) is 3.72. The van der Waals surface area contributed by atoms with Crippen molar-refractivity contribution in [2.75, 3.05) is 0 Å². The molecule has 0 saturated heterocycles. The molecule has 8 rings (SSSR count). The van der Waals surface area contributed by atoms with E-state index in [1.54, 1.807) is 0 Å². The molecule has 0 aliphatic carbocycles. The van der Waals surface area contributed by atoms with Gasteiger partial charge in [-0.05, 0) is 50.3 Å². The third-order valence-electron chi connectivity index (χ3n) is 5.99. The van der Waals surface area contributed by atoms with Gasteiger partial charge in [-0.1, -0.05) is 96.7 Å². The Balaban J connectivity index is 1.86. The SMILES string of the molecule is [2H]c1oc2c([2H])c3oc4c([2H])c([2H])c([2H])c([2H])c4c3c(-c3c4c([2H])c([2H])c([2H])c([2H])c4c(-c4c([2H])c([2H])c([2H])c([2H])c4[2H])c4c([2H])c([2H])c([2H])c([2H])c34)c2c1[2H]. The second-order valence-corrected chi connectivity index (χ2v) is 7.79. The number of rotatable bonds is 2. The highest BCUT2D eigenvalue weighted by Gasteiger charge is 2.23. The molecule has 0 spiro atoms. The lowest BCUT2D eigenvalue weighted by molar-refractivity contribution is 0.613. The quantitative estimate of drug-likeness (QED) is 0.230. The highest BCUT2D eigenvalue weighted by molar-refractivity contribution is 6.29. The summed E-state index contributed by atoms with van der Waals surface area (Å²) in [7, 11) is 0. The number of hydrogen-bond acceptors (Lipinski definition) is 2. The van der Waals surface area contributed by atoms with Crippen LogP contribution in [0.4, 0.5) is 0 Å². The highest BCUT2D eigenvalue weighted by atomic mass is 16.3. The molecule has 2 heterocycles. The molecular formula is C34H20O2. The number of hydrogen-bond donors (Lipinski definition) is 0. The molecule has 0 bridgehead atoms. The zero-order chi connectivity index (χ0) is 41.0. The van der Waals surface area contributed by atoms with Crippen LogP contribution in [0.3, 0.4) is 0 Å². The Kier molecular flexibility index (Phi) is 1.71. The van der Waals surface area contributed by atoms with Gasteiger partial charge in [0.15, 0.2) is 0 Å². The van der Waals surface area contributed by atoms with Gasteiger partial charge in [-0.2, -0.15) is 0 Å². The molecule has 168 valence electrons. The summed E-state index contributed by atoms with van der Waals surface area (Å²) < 4.78 is 187. The van der Waals surface area contributed by atoms with Crippen molar-refractivity contribution in [1.82, 2.24) is 0 Å². The van der Waals surface area contributed by atoms with Crippen molar-refractivity contribution in [2.24, 2.45) is 0 Å². The fourth-order valence-electron chi connectivity index (χ4n) is 4.62. The zero-order valence-corrected chi connectivity index (χ0v) is 17.8. The first kappa shape index (κ1) is 8.39. The fourth-order valence-corrected chi connectivity index (χ4v) is 4.62. The van der Waals surface area contributed by atoms with E-state index in [4.69, 9.17) is 30.8 Å². The predicted octanol–water partition coefficient (Wildman–Crippen LogP) is 9.97. The van der Waals surface area contributed by atoms with Crippen molar-refractivity contribution in [1.29, 1.82) is 0 Å². The van der Waals surface area contributed by atoms with Gasteiger partial charge in [-0.15, -0.1) is 0 Å². The monoisotopic (exact) mass is 480 g/mol. The first-order valence-corrected chi connectivity index (χ1v) is 10.6. The zero-order valence-electron chi connectivity index (χ0n) is 37.8. The van der Waals surface area contributed by atoms with Gasteiger partial charge < -0.3 is 8.83 Å². The molecule has 2 aromatic heterocycles. The molecule has 6 aromatic carbocycles. The second-order valence-electron chi connectivity index (χ2n) is 7.79. The molecule has 0 radical (unpaired) electrons. The van der Waals surface area contributed by atoms with Crippen LogP contribution in [0.1, 0.15) is 27.4 Å². The number of benzene rings is 6. The first-order chi connectivity index (χ1) is 26.2. The standard InChI is InChI=1S/C34H20O2/c1-2-10-21(11-3-1)31-22-12-4-6-14-24(22)32(25-15-7-5-13-23(25)31)34-27-18-19-35-29(27)20-30-33(34)26-16-8-9-17-28(26)36-30/h1-20H/i1D,2D,3D,4D,5D,6D,7D,8D,9D,10D,11D,12D,13D,14D,15D,16D,17D,18D,19D,20D. The molecule has 0 atom stereocenters. The summed E-state index contributed by atoms with van der Waals surface area (Å²) in [5.74, 6) is 0. The summed E-state index contributed by atoms with van der Waals surface area (Å²) in [6.07, 6.45) is -0.804. The van der Waals surface area contributed by atoms with Crippen molar-refractivity contribution >= 4 is 54.5 Å². The second kappa shape index (κ2) is 7.34. The largest absolute Gasteiger partial charge is 0.464 e. The van der Waals surface area contributed by atoms with Crippen molar-refractivity contribution < 1.29 is 36.2 Å². The van der Waals surface area contributed by atoms with Crippen LogP contribution in [0.5, 0.6) is 0 Å². The number of furan rings is 2. The van der Waals surface area contributed by atoms with Crippen molar-refractivity contribution in [2.45, 2.75) is 0 Å². The summed E-state index contributed by atoms with van der Waals surface area (Å²) in [6, 6.07) is -15.4. The van der Waals surface area contributed by atoms with Gasteiger partial charge in [0, 0.05) is 27.8 Å². The van der Waals surface area contributed by atoms with Crippen LogP contribution >= 0.6 is 0 Å². The van der Waals surface area contributed by atoms with Crippen molar-refractivity contribution in [3.8, 4) is 22.3 Å². The van der Waals surface area contributed by atoms with Crippen LogP contribution in [0.2, 0.25) is 0 Å². The van der Waals surface area contributed by atoms with Gasteiger partial charge in [0.1, 0.15) is 18.1 Å². The van der Waals surface area contributed by atoms with E-state index in [2.05, 4.69) is 0 Å². The number of fused-ring (bicyclic) bond motifs is 6. The fraction of sp³-hybridized carbons (Fsp3) is 0. The number of para-hydroxylation sites is 1. The topological polar surface area (TPSA) is 26.3 Å². The maximum atomic E-state index is 9.31. The minimum absolute atomic E-state index is 0.350. The Morgan fingerprint density at radius 2 is 1.03 bits per heavy atom. The Labute approximate surface area is 235 Å². The molecule has 36 heavy (non-hydrogen) atoms. The van der Waals surface area contributed by atoms with E-state index in [-0.39, 0.29) is 10.8 Å². The molecular weight excluding hydrogens is 440 g/mol. The van der Waals surface area contributed by atoms with E-state index in [9.17, 15) is 5.48 Å². The molecule has 0 aliphatic heterocycles. The normalized spacial score (nSPS) is 19.7. The molecule has 2 nitrogen and oxygen atoms in total. The Morgan fingerprint density at radius 1 is 0.444 bits per heavy atom. The molecule has 0 unspecified atom stereocenters. The van der Waals surface area contributed by atoms with E-state index >= 15 is 0 Å². The third kappa shape index (κ3) is 2.61. The van der Waals surface area contributed by atoms with Gasteiger partial charge in [0.05, 0.1) is 32.3 Å². The van der Waals surface area contributed by atoms with Crippen molar-refractivity contribution in [3.05, 3.63) is 121 Å². The summed E-state index contributed by atoms with van der Waals surface area (Å²) in [5.41, 5.74) is -3.61.